The molecule has 1 amide bonds. The van der Waals surface area contributed by atoms with Gasteiger partial charge in [-0.05, 0) is 25.1 Å². The van der Waals surface area contributed by atoms with Gasteiger partial charge in [-0.15, -0.1) is 0 Å². The van der Waals surface area contributed by atoms with E-state index in [-0.39, 0.29) is 11.9 Å². The summed E-state index contributed by atoms with van der Waals surface area (Å²) in [6.07, 6.45) is 3.63. The molecule has 5 nitrogen and oxygen atoms in total. The maximum absolute atomic E-state index is 11.6. The van der Waals surface area contributed by atoms with Crippen molar-refractivity contribution in [2.24, 2.45) is 0 Å². The minimum Gasteiger partial charge on any atom is -0.397 e. The van der Waals surface area contributed by atoms with Gasteiger partial charge in [0.2, 0.25) is 5.91 Å². The first-order chi connectivity index (χ1) is 9.04. The number of nitrogens with zero attached hydrogens (tertiary/aromatic N) is 1. The Bertz CT molecular complexity index is 665. The molecular formula is C13H13ClN4O. The van der Waals surface area contributed by atoms with E-state index in [9.17, 15) is 4.79 Å². The monoisotopic (exact) mass is 276 g/mol. The lowest BCUT2D eigenvalue weighted by atomic mass is 10.1. The Hall–Kier alpha value is -2.14. The van der Waals surface area contributed by atoms with Crippen molar-refractivity contribution in [2.45, 2.75) is 13.0 Å². The molecule has 0 radical (unpaired) electrons. The molecule has 1 unspecified atom stereocenters. The lowest BCUT2D eigenvalue weighted by Gasteiger charge is -2.25. The molecule has 1 aliphatic heterocycles. The van der Waals surface area contributed by atoms with Crippen LogP contribution in [-0.4, -0.2) is 16.5 Å². The summed E-state index contributed by atoms with van der Waals surface area (Å²) < 4.78 is 1.85. The molecule has 0 saturated carbocycles. The second-order valence-electron chi connectivity index (χ2n) is 4.56. The van der Waals surface area contributed by atoms with Gasteiger partial charge in [-0.1, -0.05) is 11.6 Å². The van der Waals surface area contributed by atoms with E-state index in [0.717, 1.165) is 11.4 Å². The SMILES string of the molecule is CC1Nc2cc(-n3ccc(N)c3)c(Cl)cc2NC1=O. The number of hydrogen-bond acceptors (Lipinski definition) is 3. The van der Waals surface area contributed by atoms with E-state index in [0.29, 0.717) is 16.4 Å². The number of carbonyl (C=O) groups excluding carboxylic acids is 1. The van der Waals surface area contributed by atoms with Gasteiger partial charge in [-0.3, -0.25) is 4.79 Å². The predicted octanol–water partition coefficient (Wildman–Crippen LogP) is 2.47. The van der Waals surface area contributed by atoms with Crippen LogP contribution < -0.4 is 16.4 Å². The molecule has 98 valence electrons. The van der Waals surface area contributed by atoms with E-state index in [1.807, 2.05) is 16.8 Å². The van der Waals surface area contributed by atoms with E-state index in [1.54, 1.807) is 25.3 Å². The maximum Gasteiger partial charge on any atom is 0.246 e. The fraction of sp³-hybridized carbons (Fsp3) is 0.154. The molecule has 1 aliphatic rings. The molecule has 1 aromatic heterocycles. The number of carbonyl (C=O) groups is 1. The number of amides is 1. The van der Waals surface area contributed by atoms with Crippen LogP contribution in [0.15, 0.2) is 30.6 Å². The lowest BCUT2D eigenvalue weighted by molar-refractivity contribution is -0.116. The number of hydrogen-bond donors (Lipinski definition) is 3. The maximum atomic E-state index is 11.6. The van der Waals surface area contributed by atoms with E-state index in [1.165, 1.54) is 0 Å². The normalized spacial score (nSPS) is 17.6. The number of nitrogen functional groups attached to an aromatic ring is 1. The Labute approximate surface area is 115 Å². The summed E-state index contributed by atoms with van der Waals surface area (Å²) in [6.45, 7) is 1.81. The van der Waals surface area contributed by atoms with Crippen LogP contribution in [0.3, 0.4) is 0 Å². The molecule has 0 aliphatic carbocycles. The zero-order chi connectivity index (χ0) is 13.6. The van der Waals surface area contributed by atoms with Crippen LogP contribution in [0.5, 0.6) is 0 Å². The summed E-state index contributed by atoms with van der Waals surface area (Å²) in [6, 6.07) is 5.16. The molecule has 6 heteroatoms. The smallest absolute Gasteiger partial charge is 0.246 e. The number of nitrogens with two attached hydrogens (primary N) is 1. The molecule has 1 aromatic carbocycles. The van der Waals surface area contributed by atoms with Crippen LogP contribution in [-0.2, 0) is 4.79 Å². The quantitative estimate of drug-likeness (QED) is 0.749. The first kappa shape index (κ1) is 11.9. The molecule has 2 heterocycles. The molecule has 1 atom stereocenters. The fourth-order valence-electron chi connectivity index (χ4n) is 2.09. The van der Waals surface area contributed by atoms with Crippen molar-refractivity contribution in [2.75, 3.05) is 16.4 Å². The van der Waals surface area contributed by atoms with Gasteiger partial charge in [-0.25, -0.2) is 0 Å². The molecule has 0 bridgehead atoms. The Kier molecular flexibility index (Phi) is 2.64. The second kappa shape index (κ2) is 4.20. The highest BCUT2D eigenvalue weighted by Gasteiger charge is 2.22. The van der Waals surface area contributed by atoms with Crippen molar-refractivity contribution in [3.63, 3.8) is 0 Å². The van der Waals surface area contributed by atoms with E-state index in [2.05, 4.69) is 10.6 Å². The molecule has 2 aromatic rings. The number of benzene rings is 1. The first-order valence-electron chi connectivity index (χ1n) is 5.89. The third-order valence-corrected chi connectivity index (χ3v) is 3.41. The topological polar surface area (TPSA) is 72.1 Å². The van der Waals surface area contributed by atoms with Crippen molar-refractivity contribution in [1.82, 2.24) is 4.57 Å². The molecule has 0 spiro atoms. The standard InChI is InChI=1S/C13H13ClN4O/c1-7-13(19)17-10-4-9(14)12(5-11(10)16-7)18-3-2-8(15)6-18/h2-7,16H,15H2,1H3,(H,17,19). The summed E-state index contributed by atoms with van der Waals surface area (Å²) >= 11 is 6.25. The molecular weight excluding hydrogens is 264 g/mol. The Morgan fingerprint density at radius 3 is 2.84 bits per heavy atom. The van der Waals surface area contributed by atoms with Gasteiger partial charge in [0.15, 0.2) is 0 Å². The van der Waals surface area contributed by atoms with Crippen molar-refractivity contribution >= 4 is 34.6 Å². The number of fused-ring (bicyclic) bond motifs is 1. The van der Waals surface area contributed by atoms with Crippen molar-refractivity contribution < 1.29 is 4.79 Å². The zero-order valence-corrected chi connectivity index (χ0v) is 11.0. The number of anilines is 3. The number of aromatic nitrogens is 1. The van der Waals surface area contributed by atoms with Gasteiger partial charge in [0.25, 0.3) is 0 Å². The highest BCUT2D eigenvalue weighted by molar-refractivity contribution is 6.33. The summed E-state index contributed by atoms with van der Waals surface area (Å²) in [4.78, 5) is 11.6. The molecule has 4 N–H and O–H groups in total. The summed E-state index contributed by atoms with van der Waals surface area (Å²) in [5.74, 6) is -0.0680. The highest BCUT2D eigenvalue weighted by atomic mass is 35.5. The third-order valence-electron chi connectivity index (χ3n) is 3.10. The van der Waals surface area contributed by atoms with Crippen LogP contribution in [0.25, 0.3) is 5.69 Å². The molecule has 0 saturated heterocycles. The van der Waals surface area contributed by atoms with Crippen LogP contribution in [0.1, 0.15) is 6.92 Å². The van der Waals surface area contributed by atoms with E-state index in [4.69, 9.17) is 17.3 Å². The van der Waals surface area contributed by atoms with Gasteiger partial charge < -0.3 is 20.9 Å². The van der Waals surface area contributed by atoms with Gasteiger partial charge in [0.1, 0.15) is 6.04 Å². The summed E-state index contributed by atoms with van der Waals surface area (Å²) in [5, 5.41) is 6.50. The van der Waals surface area contributed by atoms with Crippen LogP contribution in [0.2, 0.25) is 5.02 Å². The van der Waals surface area contributed by atoms with Gasteiger partial charge >= 0.3 is 0 Å². The van der Waals surface area contributed by atoms with Gasteiger partial charge in [0, 0.05) is 18.1 Å². The molecule has 19 heavy (non-hydrogen) atoms. The second-order valence-corrected chi connectivity index (χ2v) is 4.96. The molecule has 0 fully saturated rings. The fourth-order valence-corrected chi connectivity index (χ4v) is 2.35. The first-order valence-corrected chi connectivity index (χ1v) is 6.27. The van der Waals surface area contributed by atoms with Gasteiger partial charge in [-0.2, -0.15) is 0 Å². The largest absolute Gasteiger partial charge is 0.397 e. The zero-order valence-electron chi connectivity index (χ0n) is 10.3. The van der Waals surface area contributed by atoms with Crippen molar-refractivity contribution in [3.05, 3.63) is 35.6 Å². The van der Waals surface area contributed by atoms with Gasteiger partial charge in [0.05, 0.1) is 22.1 Å². The Morgan fingerprint density at radius 1 is 1.37 bits per heavy atom. The van der Waals surface area contributed by atoms with Crippen molar-refractivity contribution in [3.8, 4) is 5.69 Å². The van der Waals surface area contributed by atoms with Crippen molar-refractivity contribution in [1.29, 1.82) is 0 Å². The molecule has 3 rings (SSSR count). The number of rotatable bonds is 1. The highest BCUT2D eigenvalue weighted by Crippen LogP contribution is 2.34. The summed E-state index contributed by atoms with van der Waals surface area (Å²) in [7, 11) is 0. The minimum absolute atomic E-state index is 0.0680. The van der Waals surface area contributed by atoms with E-state index >= 15 is 0 Å². The number of halogens is 1. The minimum atomic E-state index is -0.267. The Balaban J connectivity index is 2.09. The average Bonchev–Trinajstić information content (AvgIpc) is 2.77. The lowest BCUT2D eigenvalue weighted by Crippen LogP contribution is -2.36. The third kappa shape index (κ3) is 2.02. The Morgan fingerprint density at radius 2 is 2.16 bits per heavy atom. The van der Waals surface area contributed by atoms with E-state index < -0.39 is 0 Å². The van der Waals surface area contributed by atoms with Crippen LogP contribution in [0, 0.1) is 0 Å². The summed E-state index contributed by atoms with van der Waals surface area (Å²) in [5.41, 5.74) is 8.73. The number of nitrogens with one attached hydrogen (secondary N) is 2. The van der Waals surface area contributed by atoms with Crippen LogP contribution >= 0.6 is 11.6 Å². The average molecular weight is 277 g/mol. The van der Waals surface area contributed by atoms with Crippen LogP contribution in [0.4, 0.5) is 17.1 Å². The predicted molar refractivity (Wildman–Crippen MR) is 76.9 cm³/mol.